The van der Waals surface area contributed by atoms with Crippen LogP contribution in [0, 0.1) is 0 Å². The van der Waals surface area contributed by atoms with Gasteiger partial charge in [-0.15, -0.1) is 0 Å². The number of likely N-dealkylation sites (tertiary alicyclic amines) is 2. The summed E-state index contributed by atoms with van der Waals surface area (Å²) >= 11 is 27.3. The Kier molecular flexibility index (Phi) is 22.4. The normalized spacial score (nSPS) is 15.1. The number of nitrogens with zero attached hydrogens (tertiary/aromatic N) is 4. The molecule has 2 fully saturated rings. The fourth-order valence-corrected chi connectivity index (χ4v) is 9.57. The molecule has 2 saturated heterocycles. The molecule has 424 valence electrons. The number of carbonyl (C=O) groups is 4. The summed E-state index contributed by atoms with van der Waals surface area (Å²) in [6.07, 6.45) is -7.12. The molecule has 25 heteroatoms. The van der Waals surface area contributed by atoms with Crippen molar-refractivity contribution in [2.45, 2.75) is 122 Å². The van der Waals surface area contributed by atoms with E-state index in [1.54, 1.807) is 65.3 Å². The van der Waals surface area contributed by atoms with Crippen LogP contribution in [0.1, 0.15) is 118 Å². The number of rotatable bonds is 14. The summed E-state index contributed by atoms with van der Waals surface area (Å²) in [6.45, 7) is 9.40. The molecule has 0 bridgehead atoms. The van der Waals surface area contributed by atoms with Crippen LogP contribution in [0.4, 0.5) is 26.3 Å². The van der Waals surface area contributed by atoms with Gasteiger partial charge in [0.05, 0.1) is 20.8 Å². The third kappa shape index (κ3) is 15.5. The van der Waals surface area contributed by atoms with Crippen LogP contribution in [0.5, 0.6) is 11.5 Å². The van der Waals surface area contributed by atoms with Gasteiger partial charge in [-0.05, 0) is 94.3 Å². The Morgan fingerprint density at radius 1 is 0.654 bits per heavy atom. The molecular weight excluding hydrogens is 1190 g/mol. The van der Waals surface area contributed by atoms with E-state index in [9.17, 15) is 50.6 Å². The number of hydrogen-bond donors (Lipinski definition) is 1. The first-order chi connectivity index (χ1) is 36.4. The second-order valence-corrected chi connectivity index (χ2v) is 20.5. The summed E-state index contributed by atoms with van der Waals surface area (Å²) in [7, 11) is 0. The first kappa shape index (κ1) is 63.4. The van der Waals surface area contributed by atoms with E-state index < -0.39 is 58.8 Å². The number of halogens is 11. The molecule has 8 rings (SSSR count). The highest BCUT2D eigenvalue weighted by Crippen LogP contribution is 2.44. The van der Waals surface area contributed by atoms with Crippen molar-refractivity contribution in [3.63, 3.8) is 0 Å². The SMILES string of the molecule is C.CCCc1c(O)c(Cl)cc2c(C(F)(F)F)noc12.CCCc1c(OC(C(=O)O[C@H](C)C(=O)N2CCCC2)c2ccc(Cl)cc2)c(Cl)cc2c(C(F)(F)F)noc12.C[C@@H](OC(=O)C(Br)c1ccc(Cl)cc1)C(=O)N1CCCC1. The quantitative estimate of drug-likeness (QED) is 0.0622. The molecule has 0 spiro atoms. The monoisotopic (exact) mass is 1240 g/mol. The number of amides is 2. The zero-order valence-corrected chi connectivity index (χ0v) is 46.2. The third-order valence-corrected chi connectivity index (χ3v) is 14.2. The molecule has 2 amide bonds. The minimum absolute atomic E-state index is 0. The van der Waals surface area contributed by atoms with Gasteiger partial charge in [-0.2, -0.15) is 26.3 Å². The van der Waals surface area contributed by atoms with Crippen LogP contribution in [-0.4, -0.2) is 87.4 Å². The topological polar surface area (TPSA) is 175 Å². The first-order valence-electron chi connectivity index (χ1n) is 24.2. The Morgan fingerprint density at radius 2 is 1.05 bits per heavy atom. The molecule has 1 N–H and O–H groups in total. The molecule has 14 nitrogen and oxygen atoms in total. The predicted octanol–water partition coefficient (Wildman–Crippen LogP) is 14.9. The number of benzene rings is 4. The van der Waals surface area contributed by atoms with E-state index in [0.717, 1.165) is 56.5 Å². The minimum Gasteiger partial charge on any atom is -0.506 e. The molecule has 2 aliphatic heterocycles. The second-order valence-electron chi connectivity index (χ2n) is 17.8. The molecule has 0 saturated carbocycles. The van der Waals surface area contributed by atoms with E-state index in [0.29, 0.717) is 48.0 Å². The lowest BCUT2D eigenvalue weighted by Crippen LogP contribution is -2.39. The highest BCUT2D eigenvalue weighted by Gasteiger charge is 2.40. The van der Waals surface area contributed by atoms with Crippen LogP contribution in [0.3, 0.4) is 0 Å². The zero-order valence-electron chi connectivity index (χ0n) is 41.6. The summed E-state index contributed by atoms with van der Waals surface area (Å²) in [5, 5.41) is 16.1. The molecular formula is C53H55BrCl4F6N4O10. The third-order valence-electron chi connectivity index (χ3n) is 12.2. The Labute approximate surface area is 473 Å². The van der Waals surface area contributed by atoms with Crippen molar-refractivity contribution >= 4 is 108 Å². The molecule has 2 aromatic heterocycles. The van der Waals surface area contributed by atoms with Crippen molar-refractivity contribution in [2.75, 3.05) is 26.2 Å². The number of alkyl halides is 7. The van der Waals surface area contributed by atoms with Crippen molar-refractivity contribution in [3.05, 3.63) is 114 Å². The minimum atomic E-state index is -4.76. The molecule has 78 heavy (non-hydrogen) atoms. The molecule has 0 radical (unpaired) electrons. The van der Waals surface area contributed by atoms with Gasteiger partial charge < -0.3 is 38.2 Å². The number of phenols is 1. The van der Waals surface area contributed by atoms with E-state index in [-0.39, 0.29) is 80.3 Å². The number of aromatic hydroxyl groups is 1. The molecule has 2 aliphatic rings. The highest BCUT2D eigenvalue weighted by molar-refractivity contribution is 9.09. The average Bonchev–Trinajstić information content (AvgIpc) is 4.25. The Morgan fingerprint density at radius 3 is 1.49 bits per heavy atom. The lowest BCUT2D eigenvalue weighted by molar-refractivity contribution is -0.164. The Hall–Kier alpha value is -5.48. The van der Waals surface area contributed by atoms with Gasteiger partial charge in [-0.3, -0.25) is 14.4 Å². The van der Waals surface area contributed by atoms with Gasteiger partial charge in [0.2, 0.25) is 6.10 Å². The lowest BCUT2D eigenvalue weighted by Gasteiger charge is -2.24. The van der Waals surface area contributed by atoms with Gasteiger partial charge in [0.15, 0.2) is 34.8 Å². The van der Waals surface area contributed by atoms with Crippen LogP contribution >= 0.6 is 62.3 Å². The van der Waals surface area contributed by atoms with E-state index in [4.69, 9.17) is 69.7 Å². The molecule has 4 aromatic carbocycles. The fraction of sp³-hybridized carbons (Fsp3) is 0.434. The number of fused-ring (bicyclic) bond motifs is 2. The van der Waals surface area contributed by atoms with Crippen molar-refractivity contribution in [1.29, 1.82) is 0 Å². The van der Waals surface area contributed by atoms with Gasteiger partial charge in [-0.1, -0.05) is 131 Å². The summed E-state index contributed by atoms with van der Waals surface area (Å²) in [4.78, 5) is 53.0. The summed E-state index contributed by atoms with van der Waals surface area (Å²) in [5.74, 6) is -2.09. The Bertz CT molecular complexity index is 3040. The number of hydrogen-bond acceptors (Lipinski definition) is 12. The first-order valence-corrected chi connectivity index (χ1v) is 26.6. The summed E-state index contributed by atoms with van der Waals surface area (Å²) in [6, 6.07) is 15.2. The van der Waals surface area contributed by atoms with Crippen molar-refractivity contribution in [2.24, 2.45) is 0 Å². The number of aryl methyl sites for hydroxylation is 2. The van der Waals surface area contributed by atoms with Crippen molar-refractivity contribution in [3.8, 4) is 11.5 Å². The number of phenolic OH excluding ortho intramolecular Hbond substituents is 1. The van der Waals surface area contributed by atoms with Crippen LogP contribution in [0.15, 0.2) is 69.7 Å². The molecule has 6 aromatic rings. The highest BCUT2D eigenvalue weighted by atomic mass is 79.9. The van der Waals surface area contributed by atoms with Crippen LogP contribution in [0.25, 0.3) is 21.9 Å². The lowest BCUT2D eigenvalue weighted by atomic mass is 10.0. The second kappa shape index (κ2) is 27.6. The zero-order chi connectivity index (χ0) is 56.5. The van der Waals surface area contributed by atoms with Crippen LogP contribution in [0.2, 0.25) is 20.1 Å². The maximum atomic E-state index is 13.5. The molecule has 2 unspecified atom stereocenters. The Balaban J connectivity index is 0.000000236. The van der Waals surface area contributed by atoms with Gasteiger partial charge in [0, 0.05) is 52.9 Å². The van der Waals surface area contributed by atoms with E-state index in [2.05, 4.69) is 26.2 Å². The van der Waals surface area contributed by atoms with Crippen molar-refractivity contribution < 1.29 is 73.9 Å². The van der Waals surface area contributed by atoms with E-state index in [1.165, 1.54) is 6.92 Å². The smallest absolute Gasteiger partial charge is 0.437 e. The fourth-order valence-electron chi connectivity index (χ4n) is 8.41. The van der Waals surface area contributed by atoms with Gasteiger partial charge in [0.1, 0.15) is 16.3 Å². The number of ether oxygens (including phenoxy) is 3. The number of carbonyl (C=O) groups excluding carboxylic acids is 4. The molecule has 4 heterocycles. The van der Waals surface area contributed by atoms with Crippen LogP contribution in [-0.2, 0) is 53.8 Å². The maximum absolute atomic E-state index is 13.5. The van der Waals surface area contributed by atoms with Gasteiger partial charge in [0.25, 0.3) is 11.8 Å². The number of aromatic nitrogens is 2. The van der Waals surface area contributed by atoms with Crippen molar-refractivity contribution in [1.82, 2.24) is 20.1 Å². The summed E-state index contributed by atoms with van der Waals surface area (Å²) < 4.78 is 105. The number of esters is 2. The molecule has 4 atom stereocenters. The van der Waals surface area contributed by atoms with Gasteiger partial charge >= 0.3 is 24.3 Å². The molecule has 0 aliphatic carbocycles. The average molecular weight is 1240 g/mol. The largest absolute Gasteiger partial charge is 0.506 e. The predicted molar refractivity (Wildman–Crippen MR) is 285 cm³/mol. The van der Waals surface area contributed by atoms with E-state index in [1.807, 2.05) is 13.8 Å². The summed E-state index contributed by atoms with van der Waals surface area (Å²) in [5.41, 5.74) is -0.977. The van der Waals surface area contributed by atoms with E-state index >= 15 is 0 Å². The standard InChI is InChI=1S/C26H25Cl2F3N2O5.C15H17BrClNO3.C11H9ClF3NO2.CH4/c1-3-6-17-21-18(23(32-38-21)26(29,30)31)13-19(28)22(17)37-20(15-7-9-16(27)10-8-15)25(35)36-14(2)24(34)33-11-4-5-12-33;1-10(14(19)18-8-2-3-9-18)21-15(20)13(16)11-4-6-12(17)7-5-11;1-2-3-5-8(17)7(12)4-6-9(5)18-16-10(6)11(13,14)15;/h7-10,13-14,20H,3-6,11-12H2,1-2H3;4-7,10,13H,2-3,8-9H2,1H3;4,17H,2-3H2,1H3;1H4/t14-,20?;10-,13?;;/m11../s1. The van der Waals surface area contributed by atoms with Gasteiger partial charge in [-0.25, -0.2) is 4.79 Å². The van der Waals surface area contributed by atoms with Crippen LogP contribution < -0.4 is 4.74 Å². The maximum Gasteiger partial charge on any atom is 0.437 e.